The van der Waals surface area contributed by atoms with Gasteiger partial charge in [-0.2, -0.15) is 0 Å². The molecule has 0 heterocycles. The first kappa shape index (κ1) is 13.3. The lowest BCUT2D eigenvalue weighted by Crippen LogP contribution is -2.17. The number of alkyl halides is 1. The normalized spacial score (nSPS) is 11.4. The van der Waals surface area contributed by atoms with Gasteiger partial charge in [-0.3, -0.25) is 4.72 Å². The molecule has 0 aliphatic carbocycles. The first-order valence-corrected chi connectivity index (χ1v) is 7.02. The summed E-state index contributed by atoms with van der Waals surface area (Å²) in [6.45, 7) is -0.114. The largest absolute Gasteiger partial charge is 0.392 e. The van der Waals surface area contributed by atoms with E-state index in [2.05, 4.69) is 4.72 Å². The van der Waals surface area contributed by atoms with Crippen LogP contribution in [-0.4, -0.2) is 25.2 Å². The van der Waals surface area contributed by atoms with Gasteiger partial charge in [-0.05, 0) is 24.1 Å². The van der Waals surface area contributed by atoms with Crippen LogP contribution in [0.2, 0.25) is 0 Å². The molecule has 1 rings (SSSR count). The molecule has 0 spiro atoms. The van der Waals surface area contributed by atoms with E-state index in [0.29, 0.717) is 23.6 Å². The zero-order valence-corrected chi connectivity index (χ0v) is 10.3. The van der Waals surface area contributed by atoms with Crippen molar-refractivity contribution in [1.82, 2.24) is 0 Å². The summed E-state index contributed by atoms with van der Waals surface area (Å²) >= 11 is 5.43. The molecule has 0 aromatic heterocycles. The summed E-state index contributed by atoms with van der Waals surface area (Å²) in [6, 6.07) is 6.64. The molecular formula is C10H14ClNO3S. The van der Waals surface area contributed by atoms with Gasteiger partial charge in [0.25, 0.3) is 0 Å². The molecule has 1 aromatic carbocycles. The first-order valence-electron chi connectivity index (χ1n) is 4.83. The van der Waals surface area contributed by atoms with Crippen molar-refractivity contribution in [1.29, 1.82) is 0 Å². The average molecular weight is 264 g/mol. The molecule has 0 saturated carbocycles. The number of aliphatic hydroxyl groups excluding tert-OH is 1. The first-order chi connectivity index (χ1) is 7.57. The SMILES string of the molecule is O=S(=O)(CCCCl)Nc1cccc(CO)c1. The smallest absolute Gasteiger partial charge is 0.232 e. The lowest BCUT2D eigenvalue weighted by molar-refractivity contribution is 0.282. The van der Waals surface area contributed by atoms with Gasteiger partial charge in [0.15, 0.2) is 0 Å². The molecule has 0 bridgehead atoms. The van der Waals surface area contributed by atoms with Crippen LogP contribution in [0.25, 0.3) is 0 Å². The van der Waals surface area contributed by atoms with E-state index in [1.807, 2.05) is 0 Å². The molecule has 90 valence electrons. The van der Waals surface area contributed by atoms with Crippen LogP contribution in [0.3, 0.4) is 0 Å². The fourth-order valence-corrected chi connectivity index (χ4v) is 2.61. The lowest BCUT2D eigenvalue weighted by Gasteiger charge is -2.08. The molecule has 2 N–H and O–H groups in total. The molecule has 0 fully saturated rings. The Kier molecular flexibility index (Phi) is 5.05. The summed E-state index contributed by atoms with van der Waals surface area (Å²) in [7, 11) is -3.34. The summed E-state index contributed by atoms with van der Waals surface area (Å²) in [6.07, 6.45) is 0.413. The van der Waals surface area contributed by atoms with Crippen LogP contribution in [0.15, 0.2) is 24.3 Å². The minimum Gasteiger partial charge on any atom is -0.392 e. The van der Waals surface area contributed by atoms with Gasteiger partial charge in [0.1, 0.15) is 0 Å². The number of sulfonamides is 1. The monoisotopic (exact) mass is 263 g/mol. The number of halogens is 1. The van der Waals surface area contributed by atoms with Crippen LogP contribution in [0.1, 0.15) is 12.0 Å². The second-order valence-corrected chi connectivity index (χ2v) is 5.54. The Balaban J connectivity index is 2.72. The highest BCUT2D eigenvalue weighted by Gasteiger charge is 2.09. The predicted molar refractivity (Wildman–Crippen MR) is 65.1 cm³/mol. The van der Waals surface area contributed by atoms with Gasteiger partial charge in [-0.25, -0.2) is 8.42 Å². The average Bonchev–Trinajstić information content (AvgIpc) is 2.26. The Hall–Kier alpha value is -0.780. The van der Waals surface area contributed by atoms with Crippen molar-refractivity contribution >= 4 is 27.3 Å². The second kappa shape index (κ2) is 6.08. The molecule has 0 atom stereocenters. The molecule has 1 aromatic rings. The topological polar surface area (TPSA) is 66.4 Å². The predicted octanol–water partition coefficient (Wildman–Crippen LogP) is 1.55. The number of hydrogen-bond acceptors (Lipinski definition) is 3. The van der Waals surface area contributed by atoms with Crippen molar-refractivity contribution in [2.45, 2.75) is 13.0 Å². The fourth-order valence-electron chi connectivity index (χ4n) is 1.21. The van der Waals surface area contributed by atoms with Crippen molar-refractivity contribution in [3.8, 4) is 0 Å². The molecule has 0 aliphatic rings. The Morgan fingerprint density at radius 1 is 1.38 bits per heavy atom. The number of aliphatic hydroxyl groups is 1. The van der Waals surface area contributed by atoms with Gasteiger partial charge in [0.2, 0.25) is 10.0 Å². The summed E-state index contributed by atoms with van der Waals surface area (Å²) in [5, 5.41) is 8.91. The van der Waals surface area contributed by atoms with Gasteiger partial charge >= 0.3 is 0 Å². The van der Waals surface area contributed by atoms with Crippen LogP contribution in [0.5, 0.6) is 0 Å². The molecule has 0 saturated heterocycles. The third kappa shape index (κ3) is 4.38. The highest BCUT2D eigenvalue weighted by Crippen LogP contribution is 2.12. The summed E-state index contributed by atoms with van der Waals surface area (Å²) in [5.41, 5.74) is 1.12. The van der Waals surface area contributed by atoms with Crippen molar-refractivity contribution in [2.24, 2.45) is 0 Å². The van der Waals surface area contributed by atoms with Gasteiger partial charge < -0.3 is 5.11 Å². The molecule has 4 nitrogen and oxygen atoms in total. The van der Waals surface area contributed by atoms with Gasteiger partial charge in [0.05, 0.1) is 12.4 Å². The van der Waals surface area contributed by atoms with Gasteiger partial charge in [-0.1, -0.05) is 12.1 Å². The van der Waals surface area contributed by atoms with Crippen molar-refractivity contribution in [3.63, 3.8) is 0 Å². The van der Waals surface area contributed by atoms with E-state index >= 15 is 0 Å². The number of anilines is 1. The third-order valence-corrected chi connectivity index (χ3v) is 3.57. The Bertz CT molecular complexity index is 433. The van der Waals surface area contributed by atoms with Gasteiger partial charge in [-0.15, -0.1) is 11.6 Å². The number of rotatable bonds is 6. The van der Waals surface area contributed by atoms with Crippen LogP contribution in [0.4, 0.5) is 5.69 Å². The van der Waals surface area contributed by atoms with E-state index in [1.54, 1.807) is 24.3 Å². The number of nitrogens with one attached hydrogen (secondary N) is 1. The van der Waals surface area contributed by atoms with Crippen molar-refractivity contribution in [2.75, 3.05) is 16.4 Å². The molecule has 16 heavy (non-hydrogen) atoms. The molecule has 6 heteroatoms. The minimum absolute atomic E-state index is 0.000146. The maximum absolute atomic E-state index is 11.5. The molecule has 0 amide bonds. The highest BCUT2D eigenvalue weighted by atomic mass is 35.5. The molecule has 0 aliphatic heterocycles. The Labute approximate surface area is 100 Å². The zero-order valence-electron chi connectivity index (χ0n) is 8.69. The van der Waals surface area contributed by atoms with Crippen LogP contribution < -0.4 is 4.72 Å². The van der Waals surface area contributed by atoms with Crippen molar-refractivity contribution in [3.05, 3.63) is 29.8 Å². The third-order valence-electron chi connectivity index (χ3n) is 1.93. The number of hydrogen-bond donors (Lipinski definition) is 2. The summed E-state index contributed by atoms with van der Waals surface area (Å²) in [4.78, 5) is 0. The van der Waals surface area contributed by atoms with Crippen LogP contribution in [-0.2, 0) is 16.6 Å². The van der Waals surface area contributed by atoms with E-state index in [-0.39, 0.29) is 12.4 Å². The summed E-state index contributed by atoms with van der Waals surface area (Å²) in [5.74, 6) is 0.317. The molecular weight excluding hydrogens is 250 g/mol. The van der Waals surface area contributed by atoms with Crippen molar-refractivity contribution < 1.29 is 13.5 Å². The number of benzene rings is 1. The van der Waals surface area contributed by atoms with Crippen LogP contribution in [0, 0.1) is 0 Å². The molecule has 0 unspecified atom stereocenters. The quantitative estimate of drug-likeness (QED) is 0.766. The maximum atomic E-state index is 11.5. The summed E-state index contributed by atoms with van der Waals surface area (Å²) < 4.78 is 25.5. The van der Waals surface area contributed by atoms with E-state index in [0.717, 1.165) is 0 Å². The van der Waals surface area contributed by atoms with E-state index < -0.39 is 10.0 Å². The molecule has 0 radical (unpaired) electrons. The van der Waals surface area contributed by atoms with E-state index in [1.165, 1.54) is 0 Å². The fraction of sp³-hybridized carbons (Fsp3) is 0.400. The standard InChI is InChI=1S/C10H14ClNO3S/c11-5-2-6-16(14,15)12-10-4-1-3-9(7-10)8-13/h1,3-4,7,12-13H,2,5-6,8H2. The second-order valence-electron chi connectivity index (χ2n) is 3.32. The Morgan fingerprint density at radius 3 is 2.75 bits per heavy atom. The Morgan fingerprint density at radius 2 is 2.12 bits per heavy atom. The minimum atomic E-state index is -3.34. The zero-order chi connectivity index (χ0) is 12.0. The highest BCUT2D eigenvalue weighted by molar-refractivity contribution is 7.92. The van der Waals surface area contributed by atoms with E-state index in [4.69, 9.17) is 16.7 Å². The van der Waals surface area contributed by atoms with Crippen LogP contribution >= 0.6 is 11.6 Å². The maximum Gasteiger partial charge on any atom is 0.232 e. The van der Waals surface area contributed by atoms with Gasteiger partial charge in [0, 0.05) is 11.6 Å². The van der Waals surface area contributed by atoms with E-state index in [9.17, 15) is 8.42 Å². The lowest BCUT2D eigenvalue weighted by atomic mass is 10.2.